The van der Waals surface area contributed by atoms with E-state index < -0.39 is 0 Å². The van der Waals surface area contributed by atoms with E-state index in [2.05, 4.69) is 11.9 Å². The average Bonchev–Trinajstić information content (AvgIpc) is 3.02. The molecule has 0 N–H and O–H groups in total. The fourth-order valence-corrected chi connectivity index (χ4v) is 3.60. The Labute approximate surface area is 146 Å². The van der Waals surface area contributed by atoms with Crippen LogP contribution in [0.25, 0.3) is 0 Å². The zero-order valence-electron chi connectivity index (χ0n) is 14.6. The van der Waals surface area contributed by atoms with Gasteiger partial charge in [-0.05, 0) is 35.6 Å². The molecule has 25 heavy (non-hydrogen) atoms. The molecule has 1 aromatic carbocycles. The largest absolute Gasteiger partial charge is 0.446 e. The summed E-state index contributed by atoms with van der Waals surface area (Å²) in [7, 11) is 3.47. The summed E-state index contributed by atoms with van der Waals surface area (Å²) in [5, 5.41) is 0. The third-order valence-electron chi connectivity index (χ3n) is 5.17. The highest BCUT2D eigenvalue weighted by molar-refractivity contribution is 5.94. The predicted molar refractivity (Wildman–Crippen MR) is 90.6 cm³/mol. The Bertz CT molecular complexity index is 828. The standard InChI is InChI=1S/C19H21N3O3/c1-11-6-15(11)19(24)22-9-13-7-12(18(23)21(2)3)4-5-14(13)17(22)16-8-20-10-25-16/h4-5,7-8,10-11,15,17H,6,9H2,1-3H3/t11-,15+,17-/m1/s1. The summed E-state index contributed by atoms with van der Waals surface area (Å²) in [6, 6.07) is 5.38. The molecule has 0 radical (unpaired) electrons. The first-order valence-electron chi connectivity index (χ1n) is 8.50. The van der Waals surface area contributed by atoms with Crippen LogP contribution in [0.2, 0.25) is 0 Å². The fraction of sp³-hybridized carbons (Fsp3) is 0.421. The third kappa shape index (κ3) is 2.62. The second kappa shape index (κ2) is 5.72. The summed E-state index contributed by atoms with van der Waals surface area (Å²) in [5.41, 5.74) is 2.64. The van der Waals surface area contributed by atoms with Gasteiger partial charge in [0.2, 0.25) is 5.91 Å². The summed E-state index contributed by atoms with van der Waals surface area (Å²) in [5.74, 6) is 1.32. The van der Waals surface area contributed by atoms with Crippen LogP contribution in [0, 0.1) is 11.8 Å². The van der Waals surface area contributed by atoms with Crippen molar-refractivity contribution in [3.63, 3.8) is 0 Å². The van der Waals surface area contributed by atoms with E-state index in [-0.39, 0.29) is 23.8 Å². The van der Waals surface area contributed by atoms with Crippen molar-refractivity contribution in [1.82, 2.24) is 14.8 Å². The molecule has 1 fully saturated rings. The molecular weight excluding hydrogens is 318 g/mol. The van der Waals surface area contributed by atoms with Gasteiger partial charge in [-0.25, -0.2) is 4.98 Å². The van der Waals surface area contributed by atoms with Crippen molar-refractivity contribution in [2.75, 3.05) is 14.1 Å². The molecule has 6 heteroatoms. The van der Waals surface area contributed by atoms with E-state index in [0.29, 0.717) is 23.8 Å². The van der Waals surface area contributed by atoms with E-state index in [1.165, 1.54) is 6.39 Å². The normalized spacial score (nSPS) is 24.1. The Balaban J connectivity index is 1.72. The van der Waals surface area contributed by atoms with Gasteiger partial charge in [0, 0.05) is 32.1 Å². The van der Waals surface area contributed by atoms with E-state index >= 15 is 0 Å². The number of hydrogen-bond acceptors (Lipinski definition) is 4. The van der Waals surface area contributed by atoms with Crippen LogP contribution >= 0.6 is 0 Å². The molecule has 1 aliphatic heterocycles. The van der Waals surface area contributed by atoms with E-state index in [9.17, 15) is 9.59 Å². The fourth-order valence-electron chi connectivity index (χ4n) is 3.60. The van der Waals surface area contributed by atoms with Gasteiger partial charge in [-0.3, -0.25) is 9.59 Å². The Hall–Kier alpha value is -2.63. The number of carbonyl (C=O) groups excluding carboxylic acids is 2. The second-order valence-corrected chi connectivity index (χ2v) is 7.21. The van der Waals surface area contributed by atoms with Crippen LogP contribution in [0.3, 0.4) is 0 Å². The maximum Gasteiger partial charge on any atom is 0.253 e. The summed E-state index contributed by atoms with van der Waals surface area (Å²) in [4.78, 5) is 32.6. The first-order valence-corrected chi connectivity index (χ1v) is 8.50. The molecule has 4 rings (SSSR count). The number of rotatable bonds is 3. The molecule has 0 saturated heterocycles. The highest BCUT2D eigenvalue weighted by atomic mass is 16.3. The number of fused-ring (bicyclic) bond motifs is 1. The predicted octanol–water partition coefficient (Wildman–Crippen LogP) is 2.46. The van der Waals surface area contributed by atoms with E-state index in [1.807, 2.05) is 23.1 Å². The van der Waals surface area contributed by atoms with Gasteiger partial charge in [0.25, 0.3) is 5.91 Å². The van der Waals surface area contributed by atoms with Crippen molar-refractivity contribution < 1.29 is 14.0 Å². The van der Waals surface area contributed by atoms with Crippen molar-refractivity contribution in [2.24, 2.45) is 11.8 Å². The number of amides is 2. The molecule has 130 valence electrons. The van der Waals surface area contributed by atoms with Crippen molar-refractivity contribution in [2.45, 2.75) is 25.9 Å². The maximum atomic E-state index is 12.9. The number of aromatic nitrogens is 1. The van der Waals surface area contributed by atoms with Crippen molar-refractivity contribution in [3.05, 3.63) is 53.2 Å². The first kappa shape index (κ1) is 15.9. The molecule has 2 amide bonds. The molecule has 2 heterocycles. The molecule has 0 bridgehead atoms. The minimum absolute atomic E-state index is 0.0420. The van der Waals surface area contributed by atoms with Crippen LogP contribution in [0.15, 0.2) is 35.2 Å². The summed E-state index contributed by atoms with van der Waals surface area (Å²) < 4.78 is 5.52. The molecular formula is C19H21N3O3. The number of hydrogen-bond donors (Lipinski definition) is 0. The van der Waals surface area contributed by atoms with Gasteiger partial charge < -0.3 is 14.2 Å². The van der Waals surface area contributed by atoms with Crippen LogP contribution in [-0.4, -0.2) is 40.7 Å². The van der Waals surface area contributed by atoms with Gasteiger partial charge >= 0.3 is 0 Å². The van der Waals surface area contributed by atoms with Crippen LogP contribution in [-0.2, 0) is 11.3 Å². The van der Waals surface area contributed by atoms with Crippen LogP contribution < -0.4 is 0 Å². The van der Waals surface area contributed by atoms with Crippen LogP contribution in [0.5, 0.6) is 0 Å². The lowest BCUT2D eigenvalue weighted by Crippen LogP contribution is -2.31. The minimum Gasteiger partial charge on any atom is -0.446 e. The van der Waals surface area contributed by atoms with Gasteiger partial charge in [0.1, 0.15) is 6.04 Å². The zero-order valence-corrected chi connectivity index (χ0v) is 14.6. The molecule has 0 unspecified atom stereocenters. The third-order valence-corrected chi connectivity index (χ3v) is 5.17. The van der Waals surface area contributed by atoms with Crippen molar-refractivity contribution in [1.29, 1.82) is 0 Å². The molecule has 1 aliphatic carbocycles. The molecule has 1 saturated carbocycles. The maximum absolute atomic E-state index is 12.9. The average molecular weight is 339 g/mol. The Morgan fingerprint density at radius 1 is 1.32 bits per heavy atom. The van der Waals surface area contributed by atoms with Crippen molar-refractivity contribution in [3.8, 4) is 0 Å². The highest BCUT2D eigenvalue weighted by Crippen LogP contribution is 2.45. The van der Waals surface area contributed by atoms with Gasteiger partial charge in [0.15, 0.2) is 12.2 Å². The monoisotopic (exact) mass is 339 g/mol. The lowest BCUT2D eigenvalue weighted by Gasteiger charge is -2.23. The molecule has 6 nitrogen and oxygen atoms in total. The summed E-state index contributed by atoms with van der Waals surface area (Å²) in [6.45, 7) is 2.60. The quantitative estimate of drug-likeness (QED) is 0.861. The van der Waals surface area contributed by atoms with Gasteiger partial charge in [-0.15, -0.1) is 0 Å². The molecule has 2 aromatic rings. The second-order valence-electron chi connectivity index (χ2n) is 7.21. The topological polar surface area (TPSA) is 66.7 Å². The minimum atomic E-state index is -0.263. The summed E-state index contributed by atoms with van der Waals surface area (Å²) >= 11 is 0. The molecule has 0 spiro atoms. The Morgan fingerprint density at radius 3 is 2.68 bits per heavy atom. The van der Waals surface area contributed by atoms with Crippen LogP contribution in [0.1, 0.15) is 46.6 Å². The number of oxazole rings is 1. The Morgan fingerprint density at radius 2 is 2.08 bits per heavy atom. The number of benzene rings is 1. The summed E-state index contributed by atoms with van der Waals surface area (Å²) in [6.07, 6.45) is 3.99. The molecule has 1 aromatic heterocycles. The smallest absolute Gasteiger partial charge is 0.253 e. The lowest BCUT2D eigenvalue weighted by molar-refractivity contribution is -0.134. The molecule has 3 atom stereocenters. The zero-order chi connectivity index (χ0) is 17.7. The van der Waals surface area contributed by atoms with Gasteiger partial charge in [0.05, 0.1) is 6.20 Å². The number of carbonyl (C=O) groups is 2. The van der Waals surface area contributed by atoms with E-state index in [0.717, 1.165) is 17.5 Å². The van der Waals surface area contributed by atoms with Gasteiger partial charge in [-0.2, -0.15) is 0 Å². The lowest BCUT2D eigenvalue weighted by atomic mass is 10.00. The first-order chi connectivity index (χ1) is 12.0. The van der Waals surface area contributed by atoms with E-state index in [4.69, 9.17) is 4.42 Å². The number of nitrogens with zero attached hydrogens (tertiary/aromatic N) is 3. The van der Waals surface area contributed by atoms with Crippen LogP contribution in [0.4, 0.5) is 0 Å². The van der Waals surface area contributed by atoms with E-state index in [1.54, 1.807) is 25.2 Å². The Kier molecular flexibility index (Phi) is 3.63. The van der Waals surface area contributed by atoms with Gasteiger partial charge in [-0.1, -0.05) is 13.0 Å². The SMILES string of the molecule is C[C@@H]1C[C@@H]1C(=O)N1Cc2cc(C(=O)N(C)C)ccc2[C@@H]1c1cnco1. The highest BCUT2D eigenvalue weighted by Gasteiger charge is 2.46. The van der Waals surface area contributed by atoms with Crippen molar-refractivity contribution >= 4 is 11.8 Å². The molecule has 2 aliphatic rings.